The number of hydrogen-bond donors (Lipinski definition) is 1. The van der Waals surface area contributed by atoms with Crippen LogP contribution in [0, 0.1) is 5.92 Å². The molecule has 1 aliphatic rings. The van der Waals surface area contributed by atoms with Crippen molar-refractivity contribution >= 4 is 34.4 Å². The molecule has 0 aliphatic carbocycles. The highest BCUT2D eigenvalue weighted by Crippen LogP contribution is 2.28. The minimum absolute atomic E-state index is 0.518. The lowest BCUT2D eigenvalue weighted by atomic mass is 10.2. The van der Waals surface area contributed by atoms with E-state index < -0.39 is 0 Å². The fourth-order valence-corrected chi connectivity index (χ4v) is 3.41. The number of rotatable bonds is 3. The smallest absolute Gasteiger partial charge is 0.161 e. The molecule has 0 amide bonds. The molecule has 1 aromatic heterocycles. The maximum Gasteiger partial charge on any atom is 0.161 e. The first-order valence-electron chi connectivity index (χ1n) is 6.09. The van der Waals surface area contributed by atoms with E-state index in [1.807, 2.05) is 24.3 Å². The molecule has 0 bridgehead atoms. The highest BCUT2D eigenvalue weighted by molar-refractivity contribution is 7.99. The summed E-state index contributed by atoms with van der Waals surface area (Å²) >= 11 is 7.89. The quantitative estimate of drug-likeness (QED) is 0.877. The van der Waals surface area contributed by atoms with E-state index in [2.05, 4.69) is 15.3 Å². The van der Waals surface area contributed by atoms with Gasteiger partial charge in [-0.2, -0.15) is 0 Å². The first kappa shape index (κ1) is 12.2. The lowest BCUT2D eigenvalue weighted by Crippen LogP contribution is -2.10. The van der Waals surface area contributed by atoms with E-state index in [4.69, 9.17) is 11.6 Å². The van der Waals surface area contributed by atoms with Crippen molar-refractivity contribution in [3.8, 4) is 0 Å². The van der Waals surface area contributed by atoms with E-state index in [0.717, 1.165) is 40.8 Å². The van der Waals surface area contributed by atoms with Crippen molar-refractivity contribution in [1.29, 1.82) is 0 Å². The van der Waals surface area contributed by atoms with Crippen molar-refractivity contribution in [3.63, 3.8) is 0 Å². The van der Waals surface area contributed by atoms with Crippen LogP contribution in [0.2, 0.25) is 5.15 Å². The summed E-state index contributed by atoms with van der Waals surface area (Å²) in [6.07, 6.45) is 1.24. The molecule has 1 saturated heterocycles. The number of benzene rings is 1. The zero-order valence-corrected chi connectivity index (χ0v) is 11.5. The van der Waals surface area contributed by atoms with Crippen LogP contribution in [0.1, 0.15) is 6.42 Å². The molecular formula is C13H14ClN3S. The molecule has 0 unspecified atom stereocenters. The lowest BCUT2D eigenvalue weighted by molar-refractivity contribution is 0.662. The summed E-state index contributed by atoms with van der Waals surface area (Å²) in [6, 6.07) is 7.83. The molecule has 18 heavy (non-hydrogen) atoms. The molecule has 0 radical (unpaired) electrons. The third-order valence-electron chi connectivity index (χ3n) is 3.12. The largest absolute Gasteiger partial charge is 0.316 e. The van der Waals surface area contributed by atoms with Crippen molar-refractivity contribution in [2.45, 2.75) is 11.4 Å². The van der Waals surface area contributed by atoms with Crippen LogP contribution in [-0.2, 0) is 0 Å². The Labute approximate surface area is 115 Å². The average molecular weight is 280 g/mol. The van der Waals surface area contributed by atoms with Crippen LogP contribution in [-0.4, -0.2) is 28.8 Å². The molecule has 3 nitrogen and oxygen atoms in total. The summed E-state index contributed by atoms with van der Waals surface area (Å²) < 4.78 is 0. The number of hydrogen-bond acceptors (Lipinski definition) is 4. The number of thioether (sulfide) groups is 1. The van der Waals surface area contributed by atoms with E-state index in [0.29, 0.717) is 5.15 Å². The van der Waals surface area contributed by atoms with E-state index >= 15 is 0 Å². The van der Waals surface area contributed by atoms with Gasteiger partial charge in [-0.05, 0) is 37.6 Å². The number of nitrogens with one attached hydrogen (secondary N) is 1. The van der Waals surface area contributed by atoms with Gasteiger partial charge in [0.1, 0.15) is 5.03 Å². The van der Waals surface area contributed by atoms with Crippen molar-refractivity contribution in [2.24, 2.45) is 5.92 Å². The molecule has 94 valence electrons. The average Bonchev–Trinajstić information content (AvgIpc) is 2.89. The summed E-state index contributed by atoms with van der Waals surface area (Å²) in [5, 5.41) is 4.74. The fourth-order valence-electron chi connectivity index (χ4n) is 2.11. The summed E-state index contributed by atoms with van der Waals surface area (Å²) in [6.45, 7) is 2.23. The molecule has 3 rings (SSSR count). The van der Waals surface area contributed by atoms with Gasteiger partial charge in [-0.15, -0.1) is 11.8 Å². The molecule has 1 fully saturated rings. The fraction of sp³-hybridized carbons (Fsp3) is 0.385. The Morgan fingerprint density at radius 3 is 2.78 bits per heavy atom. The molecule has 0 spiro atoms. The van der Waals surface area contributed by atoms with Crippen molar-refractivity contribution < 1.29 is 0 Å². The van der Waals surface area contributed by atoms with E-state index in [9.17, 15) is 0 Å². The predicted molar refractivity (Wildman–Crippen MR) is 76.2 cm³/mol. The number of nitrogens with zero attached hydrogens (tertiary/aromatic N) is 2. The van der Waals surface area contributed by atoms with Gasteiger partial charge in [0.05, 0.1) is 11.0 Å². The minimum Gasteiger partial charge on any atom is -0.316 e. The molecule has 1 aromatic carbocycles. The highest BCUT2D eigenvalue weighted by atomic mass is 35.5. The zero-order valence-electron chi connectivity index (χ0n) is 9.90. The van der Waals surface area contributed by atoms with Gasteiger partial charge in [0.25, 0.3) is 0 Å². The summed E-state index contributed by atoms with van der Waals surface area (Å²) in [7, 11) is 0. The van der Waals surface area contributed by atoms with Crippen LogP contribution in [0.15, 0.2) is 29.3 Å². The standard InChI is InChI=1S/C13H14ClN3S/c14-12-13(18-8-9-5-6-15-7-9)17-11-4-2-1-3-10(11)16-12/h1-4,9,15H,5-8H2/t9-/m1/s1. The second kappa shape index (κ2) is 5.43. The Hall–Kier alpha value is -0.840. The van der Waals surface area contributed by atoms with Crippen molar-refractivity contribution in [3.05, 3.63) is 29.4 Å². The van der Waals surface area contributed by atoms with Gasteiger partial charge in [0.15, 0.2) is 5.15 Å². The Balaban J connectivity index is 1.80. The van der Waals surface area contributed by atoms with Gasteiger partial charge in [-0.3, -0.25) is 0 Å². The van der Waals surface area contributed by atoms with E-state index in [1.165, 1.54) is 6.42 Å². The summed E-state index contributed by atoms with van der Waals surface area (Å²) in [5.41, 5.74) is 1.77. The van der Waals surface area contributed by atoms with Crippen LogP contribution >= 0.6 is 23.4 Å². The Kier molecular flexibility index (Phi) is 3.68. The molecule has 1 aliphatic heterocycles. The van der Waals surface area contributed by atoms with Gasteiger partial charge in [-0.1, -0.05) is 23.7 Å². The second-order valence-electron chi connectivity index (χ2n) is 4.48. The van der Waals surface area contributed by atoms with Crippen LogP contribution in [0.4, 0.5) is 0 Å². The number of halogens is 1. The van der Waals surface area contributed by atoms with E-state index in [1.54, 1.807) is 11.8 Å². The van der Waals surface area contributed by atoms with Gasteiger partial charge in [0, 0.05) is 5.75 Å². The molecule has 0 saturated carbocycles. The SMILES string of the molecule is Clc1nc2ccccc2nc1SC[C@@H]1CCNC1. The van der Waals surface area contributed by atoms with Crippen LogP contribution in [0.5, 0.6) is 0 Å². The monoisotopic (exact) mass is 279 g/mol. The molecule has 1 atom stereocenters. The number of para-hydroxylation sites is 2. The third kappa shape index (κ3) is 2.60. The number of aromatic nitrogens is 2. The zero-order chi connectivity index (χ0) is 12.4. The van der Waals surface area contributed by atoms with Gasteiger partial charge < -0.3 is 5.32 Å². The maximum atomic E-state index is 6.18. The number of fused-ring (bicyclic) bond motifs is 1. The Bertz CT molecular complexity index is 555. The van der Waals surface area contributed by atoms with Crippen LogP contribution in [0.3, 0.4) is 0 Å². The Morgan fingerprint density at radius 1 is 1.28 bits per heavy atom. The van der Waals surface area contributed by atoms with Crippen molar-refractivity contribution in [2.75, 3.05) is 18.8 Å². The molecule has 1 N–H and O–H groups in total. The van der Waals surface area contributed by atoms with Gasteiger partial charge in [-0.25, -0.2) is 9.97 Å². The minimum atomic E-state index is 0.518. The van der Waals surface area contributed by atoms with Gasteiger partial charge >= 0.3 is 0 Å². The predicted octanol–water partition coefficient (Wildman–Crippen LogP) is 2.98. The molecular weight excluding hydrogens is 266 g/mol. The molecule has 2 heterocycles. The first-order chi connectivity index (χ1) is 8.83. The van der Waals surface area contributed by atoms with Gasteiger partial charge in [0.2, 0.25) is 0 Å². The molecule has 2 aromatic rings. The topological polar surface area (TPSA) is 37.8 Å². The van der Waals surface area contributed by atoms with Crippen LogP contribution < -0.4 is 5.32 Å². The Morgan fingerprint density at radius 2 is 2.06 bits per heavy atom. The lowest BCUT2D eigenvalue weighted by Gasteiger charge is -2.08. The van der Waals surface area contributed by atoms with E-state index in [-0.39, 0.29) is 0 Å². The normalized spacial score (nSPS) is 19.5. The van der Waals surface area contributed by atoms with Crippen molar-refractivity contribution in [1.82, 2.24) is 15.3 Å². The molecule has 5 heteroatoms. The maximum absolute atomic E-state index is 6.18. The highest BCUT2D eigenvalue weighted by Gasteiger charge is 2.16. The first-order valence-corrected chi connectivity index (χ1v) is 7.45. The summed E-state index contributed by atoms with van der Waals surface area (Å²) in [5.74, 6) is 1.78. The van der Waals surface area contributed by atoms with Crippen LogP contribution in [0.25, 0.3) is 11.0 Å². The third-order valence-corrected chi connectivity index (χ3v) is 4.69. The summed E-state index contributed by atoms with van der Waals surface area (Å²) in [4.78, 5) is 8.97. The second-order valence-corrected chi connectivity index (χ2v) is 5.84.